The molecule has 2 radical (unpaired) electrons. The number of amides is 1. The number of nitrogens with one attached hydrogen (secondary N) is 1. The number of piperazine rings is 2. The minimum absolute atomic E-state index is 0. The summed E-state index contributed by atoms with van der Waals surface area (Å²) in [5.74, 6) is -0.364. The molecule has 45 heavy (non-hydrogen) atoms. The van der Waals surface area contributed by atoms with Gasteiger partial charge in [0.15, 0.2) is 12.4 Å². The molecule has 2 aromatic rings. The van der Waals surface area contributed by atoms with Gasteiger partial charge in [-0.05, 0) is 50.8 Å². The van der Waals surface area contributed by atoms with Gasteiger partial charge in [0.2, 0.25) is 9.76 Å². The Balaban J connectivity index is 0.000000337. The van der Waals surface area contributed by atoms with Crippen molar-refractivity contribution in [1.82, 2.24) is 20.2 Å². The van der Waals surface area contributed by atoms with Gasteiger partial charge in [0, 0.05) is 57.4 Å². The Bertz CT molecular complexity index is 1280. The molecule has 0 saturated carbocycles. The van der Waals surface area contributed by atoms with E-state index in [1.165, 1.54) is 29.4 Å². The highest BCUT2D eigenvalue weighted by atomic mass is 35.5. The highest BCUT2D eigenvalue weighted by Crippen LogP contribution is 2.30. The lowest BCUT2D eigenvalue weighted by atomic mass is 9.95. The first-order valence-corrected chi connectivity index (χ1v) is 15.0. The number of carboxylic acid groups (broad SMARTS) is 1. The first-order chi connectivity index (χ1) is 20.6. The smallest absolute Gasteiger partial charge is 0.407 e. The first kappa shape index (κ1) is 37.5. The number of pyridine rings is 2. The monoisotopic (exact) mass is 668 g/mol. The van der Waals surface area contributed by atoms with Crippen LogP contribution in [0.15, 0.2) is 36.7 Å². The van der Waals surface area contributed by atoms with Gasteiger partial charge >= 0.3 is 17.7 Å². The van der Waals surface area contributed by atoms with E-state index in [4.69, 9.17) is 9.53 Å². The summed E-state index contributed by atoms with van der Waals surface area (Å²) in [7, 11) is 0.229. The average Bonchev–Trinajstić information content (AvgIpc) is 3.00. The van der Waals surface area contributed by atoms with Crippen LogP contribution in [0.5, 0.6) is 0 Å². The minimum atomic E-state index is -0.975. The zero-order chi connectivity index (χ0) is 32.7. The Hall–Kier alpha value is -3.64. The van der Waals surface area contributed by atoms with E-state index in [1.807, 2.05) is 23.6 Å². The number of hydrogen-bond donors (Lipinski definition) is 3. The lowest BCUT2D eigenvalue weighted by Crippen LogP contribution is -2.63. The lowest BCUT2D eigenvalue weighted by molar-refractivity contribution is -0.389. The number of aromatic nitrogens is 2. The van der Waals surface area contributed by atoms with Crippen LogP contribution in [0.25, 0.3) is 0 Å². The number of carbonyl (C=O) groups is 1. The van der Waals surface area contributed by atoms with Crippen LogP contribution in [0.4, 0.5) is 27.8 Å². The van der Waals surface area contributed by atoms with Gasteiger partial charge in [-0.1, -0.05) is 20.8 Å². The minimum Gasteiger partial charge on any atom is -0.465 e. The maximum Gasteiger partial charge on any atom is 0.407 e. The fourth-order valence-electron chi connectivity index (χ4n) is 4.72. The fraction of sp³-hybridized carbons (Fsp3) is 0.593. The van der Waals surface area contributed by atoms with Crippen molar-refractivity contribution >= 4 is 51.3 Å². The molecule has 2 fully saturated rings. The predicted octanol–water partition coefficient (Wildman–Crippen LogP) is 2.97. The van der Waals surface area contributed by atoms with Crippen molar-refractivity contribution in [3.63, 3.8) is 0 Å². The predicted molar refractivity (Wildman–Crippen MR) is 171 cm³/mol. The number of rotatable bonds is 8. The van der Waals surface area contributed by atoms with E-state index in [0.717, 1.165) is 24.5 Å². The van der Waals surface area contributed by atoms with Crippen molar-refractivity contribution in [2.75, 3.05) is 55.7 Å². The van der Waals surface area contributed by atoms with Gasteiger partial charge in [-0.2, -0.15) is 0 Å². The molecule has 2 aromatic heterocycles. The summed E-state index contributed by atoms with van der Waals surface area (Å²) in [6, 6.07) is 5.74. The Morgan fingerprint density at radius 2 is 1.51 bits per heavy atom. The van der Waals surface area contributed by atoms with Gasteiger partial charge in [0.1, 0.15) is 0 Å². The van der Waals surface area contributed by atoms with Gasteiger partial charge < -0.3 is 50.0 Å². The molecule has 3 N–H and O–H groups in total. The van der Waals surface area contributed by atoms with E-state index >= 15 is 0 Å². The Kier molecular flexibility index (Phi) is 13.4. The molecule has 0 unspecified atom stereocenters. The normalized spacial score (nSPS) is 18.8. The van der Waals surface area contributed by atoms with Crippen LogP contribution >= 0.6 is 12.4 Å². The van der Waals surface area contributed by atoms with Crippen molar-refractivity contribution in [2.45, 2.75) is 57.3 Å². The molecule has 1 amide bonds. The molecule has 2 saturated heterocycles. The molecular formula is C27H41ClN8O8Si. The molecule has 248 valence electrons. The van der Waals surface area contributed by atoms with Crippen LogP contribution in [-0.4, -0.2) is 114 Å². The number of aliphatic hydroxyl groups is 1. The Morgan fingerprint density at radius 1 is 0.978 bits per heavy atom. The van der Waals surface area contributed by atoms with Crippen molar-refractivity contribution in [3.05, 3.63) is 56.9 Å². The highest BCUT2D eigenvalue weighted by Gasteiger charge is 2.42. The Labute approximate surface area is 270 Å². The quantitative estimate of drug-likeness (QED) is 0.211. The molecule has 0 bridgehead atoms. The molecular weight excluding hydrogens is 628 g/mol. The molecule has 2 aliphatic heterocycles. The maximum atomic E-state index is 11.7. The Morgan fingerprint density at radius 3 is 1.93 bits per heavy atom. The maximum absolute atomic E-state index is 11.7. The fourth-order valence-corrected chi connectivity index (χ4v) is 5.43. The van der Waals surface area contributed by atoms with E-state index in [-0.39, 0.29) is 57.5 Å². The molecule has 2 atom stereocenters. The van der Waals surface area contributed by atoms with Crippen LogP contribution in [0.2, 0.25) is 5.04 Å². The van der Waals surface area contributed by atoms with E-state index < -0.39 is 21.5 Å². The molecule has 0 aromatic carbocycles. The van der Waals surface area contributed by atoms with Gasteiger partial charge in [0.25, 0.3) is 0 Å². The largest absolute Gasteiger partial charge is 0.465 e. The SMILES string of the molecule is CC(C)(C)[Si]OC(C)(C)[C@H]1CN(c2ccc([N+](=O)[O-])nc2)CCN1C(=O)O.Cl.O=[N+]([O-])c1ccc(N2CCN[C@@H](CO)C2)cn1. The first-order valence-electron chi connectivity index (χ1n) is 14.1. The van der Waals surface area contributed by atoms with Crippen LogP contribution in [0, 0.1) is 20.2 Å². The van der Waals surface area contributed by atoms with E-state index in [9.17, 15) is 30.1 Å². The second-order valence-corrected chi connectivity index (χ2v) is 13.9. The summed E-state index contributed by atoms with van der Waals surface area (Å²) in [6.07, 6.45) is 1.98. The molecule has 0 aliphatic carbocycles. The van der Waals surface area contributed by atoms with Crippen molar-refractivity contribution in [1.29, 1.82) is 0 Å². The van der Waals surface area contributed by atoms with E-state index in [2.05, 4.69) is 36.1 Å². The molecule has 4 rings (SSSR count). The molecule has 0 spiro atoms. The summed E-state index contributed by atoms with van der Waals surface area (Å²) < 4.78 is 6.14. The summed E-state index contributed by atoms with van der Waals surface area (Å²) in [5.41, 5.74) is 0.886. The topological polar surface area (TPSA) is 201 Å². The number of halogens is 1. The third-order valence-corrected chi connectivity index (χ3v) is 8.33. The molecule has 2 aliphatic rings. The lowest BCUT2D eigenvalue weighted by Gasteiger charge is -2.48. The van der Waals surface area contributed by atoms with Crippen molar-refractivity contribution in [2.24, 2.45) is 0 Å². The third-order valence-electron chi connectivity index (χ3n) is 7.09. The number of aliphatic hydroxyl groups excluding tert-OH is 1. The average molecular weight is 669 g/mol. The van der Waals surface area contributed by atoms with Gasteiger partial charge in [-0.25, -0.2) is 4.79 Å². The van der Waals surface area contributed by atoms with Gasteiger partial charge in [0.05, 0.1) is 29.6 Å². The van der Waals surface area contributed by atoms with Gasteiger partial charge in [-0.15, -0.1) is 12.4 Å². The molecule has 4 heterocycles. The van der Waals surface area contributed by atoms with Crippen LogP contribution in [-0.2, 0) is 4.43 Å². The number of hydrogen-bond acceptors (Lipinski definition) is 12. The van der Waals surface area contributed by atoms with Crippen LogP contribution in [0.1, 0.15) is 34.6 Å². The van der Waals surface area contributed by atoms with Crippen LogP contribution in [0.3, 0.4) is 0 Å². The standard InChI is InChI=1S/C17H26N4O5Si.C10H14N4O3.ClH/c1-16(2,3)27-26-17(4,5)13-11-19(8-9-20(13)15(22)23)12-6-7-14(18-10-12)21(24)25;15-7-8-6-13(4-3-11-8)9-1-2-10(12-5-9)14(16)17;/h6-7,10,13H,8-9,11H2,1-5H3,(H,22,23);1-2,5,8,11,15H,3-4,6-7H2;1H/t13-;8-;/m11./s1. The number of nitro groups is 2. The summed E-state index contributed by atoms with van der Waals surface area (Å²) >= 11 is 0. The number of anilines is 2. The molecule has 16 nitrogen and oxygen atoms in total. The van der Waals surface area contributed by atoms with Crippen LogP contribution < -0.4 is 15.1 Å². The summed E-state index contributed by atoms with van der Waals surface area (Å²) in [6.45, 7) is 13.6. The highest BCUT2D eigenvalue weighted by molar-refractivity contribution is 6.31. The van der Waals surface area contributed by atoms with Gasteiger partial charge in [-0.3, -0.25) is 4.90 Å². The summed E-state index contributed by atoms with van der Waals surface area (Å²) in [4.78, 5) is 45.0. The second kappa shape index (κ2) is 16.1. The summed E-state index contributed by atoms with van der Waals surface area (Å²) in [5, 5.41) is 43.1. The van der Waals surface area contributed by atoms with E-state index in [1.54, 1.807) is 12.1 Å². The van der Waals surface area contributed by atoms with Crippen molar-refractivity contribution in [3.8, 4) is 0 Å². The second-order valence-electron chi connectivity index (χ2n) is 12.0. The molecule has 18 heteroatoms. The van der Waals surface area contributed by atoms with Crippen molar-refractivity contribution < 1.29 is 29.3 Å². The zero-order valence-electron chi connectivity index (χ0n) is 26.0. The third kappa shape index (κ3) is 10.7. The zero-order valence-corrected chi connectivity index (χ0v) is 27.8. The van der Waals surface area contributed by atoms with E-state index in [0.29, 0.717) is 26.2 Å². The number of nitrogens with zero attached hydrogens (tertiary/aromatic N) is 7.